The number of hydrogen-bond donors (Lipinski definition) is 4. The van der Waals surface area contributed by atoms with Crippen LogP contribution in [0.25, 0.3) is 0 Å². The van der Waals surface area contributed by atoms with Gasteiger partial charge >= 0.3 is 0 Å². The first kappa shape index (κ1) is 18.4. The molecule has 0 aromatic carbocycles. The molecule has 2 fully saturated rings. The maximum absolute atomic E-state index is 10.5. The summed E-state index contributed by atoms with van der Waals surface area (Å²) in [5.74, 6) is 0.837. The molecule has 0 aromatic rings. The summed E-state index contributed by atoms with van der Waals surface area (Å²) in [7, 11) is 0. The van der Waals surface area contributed by atoms with Gasteiger partial charge in [0.05, 0.1) is 18.8 Å². The van der Waals surface area contributed by atoms with Gasteiger partial charge in [0.1, 0.15) is 0 Å². The van der Waals surface area contributed by atoms with E-state index in [1.54, 1.807) is 0 Å². The highest BCUT2D eigenvalue weighted by atomic mass is 16.3. The van der Waals surface area contributed by atoms with E-state index in [2.05, 4.69) is 19.9 Å². The minimum absolute atomic E-state index is 0.00469. The number of aliphatic hydroxyl groups is 4. The molecule has 0 bridgehead atoms. The van der Waals surface area contributed by atoms with Crippen LogP contribution in [0.4, 0.5) is 0 Å². The fourth-order valence-electron chi connectivity index (χ4n) is 6.46. The molecule has 2 saturated carbocycles. The molecule has 0 unspecified atom stereocenters. The van der Waals surface area contributed by atoms with Crippen molar-refractivity contribution >= 4 is 0 Å². The molecule has 7 atom stereocenters. The van der Waals surface area contributed by atoms with E-state index in [-0.39, 0.29) is 35.6 Å². The first-order valence-corrected chi connectivity index (χ1v) is 9.48. The average molecular weight is 338 g/mol. The number of rotatable bonds is 3. The topological polar surface area (TPSA) is 80.9 Å². The Morgan fingerprint density at radius 3 is 2.50 bits per heavy atom. The van der Waals surface area contributed by atoms with E-state index < -0.39 is 6.10 Å². The van der Waals surface area contributed by atoms with Crippen LogP contribution in [0.3, 0.4) is 0 Å². The van der Waals surface area contributed by atoms with E-state index in [0.29, 0.717) is 18.3 Å². The molecule has 0 heterocycles. The maximum atomic E-state index is 10.5. The molecule has 0 aliphatic heterocycles. The molecule has 0 spiro atoms. The number of hydrogen-bond acceptors (Lipinski definition) is 4. The van der Waals surface area contributed by atoms with Crippen LogP contribution in [-0.2, 0) is 0 Å². The molecular weight excluding hydrogens is 304 g/mol. The van der Waals surface area contributed by atoms with Gasteiger partial charge < -0.3 is 20.4 Å². The van der Waals surface area contributed by atoms with E-state index in [1.807, 2.05) is 6.92 Å². The number of allylic oxidation sites excluding steroid dienone is 1. The third kappa shape index (κ3) is 2.66. The molecule has 0 radical (unpaired) electrons. The third-order valence-electron chi connectivity index (χ3n) is 7.76. The summed E-state index contributed by atoms with van der Waals surface area (Å²) in [5.41, 5.74) is 0.843. The largest absolute Gasteiger partial charge is 0.396 e. The van der Waals surface area contributed by atoms with Crippen LogP contribution in [0.5, 0.6) is 0 Å². The fourth-order valence-corrected chi connectivity index (χ4v) is 6.46. The van der Waals surface area contributed by atoms with Crippen LogP contribution in [-0.4, -0.2) is 45.8 Å². The van der Waals surface area contributed by atoms with Crippen molar-refractivity contribution in [2.75, 3.05) is 13.2 Å². The van der Waals surface area contributed by atoms with Gasteiger partial charge in [0.2, 0.25) is 0 Å². The maximum Gasteiger partial charge on any atom is 0.0858 e. The van der Waals surface area contributed by atoms with Crippen molar-refractivity contribution in [3.05, 3.63) is 11.6 Å². The number of aliphatic hydroxyl groups excluding tert-OH is 4. The smallest absolute Gasteiger partial charge is 0.0858 e. The van der Waals surface area contributed by atoms with Crippen molar-refractivity contribution < 1.29 is 20.4 Å². The van der Waals surface area contributed by atoms with Crippen molar-refractivity contribution in [1.82, 2.24) is 0 Å². The van der Waals surface area contributed by atoms with E-state index in [4.69, 9.17) is 0 Å². The SMILES string of the molecule is C[C@@]1(CO)C[C@H](O)C[C@]2(C)[C@@H]1CCC1=C[C@@](C)([C@@H](O)CO)CC[C@@H]12. The molecule has 138 valence electrons. The molecule has 0 aromatic heterocycles. The predicted octanol–water partition coefficient (Wildman–Crippen LogP) is 2.25. The van der Waals surface area contributed by atoms with Gasteiger partial charge in [-0.05, 0) is 61.2 Å². The zero-order valence-corrected chi connectivity index (χ0v) is 15.3. The highest BCUT2D eigenvalue weighted by Gasteiger charge is 2.57. The Balaban J connectivity index is 1.95. The fraction of sp³-hybridized carbons (Fsp3) is 0.900. The lowest BCUT2D eigenvalue weighted by molar-refractivity contribution is -0.134. The number of fused-ring (bicyclic) bond motifs is 3. The molecule has 3 aliphatic carbocycles. The minimum Gasteiger partial charge on any atom is -0.396 e. The third-order valence-corrected chi connectivity index (χ3v) is 7.76. The summed E-state index contributed by atoms with van der Waals surface area (Å²) >= 11 is 0. The highest BCUT2D eigenvalue weighted by molar-refractivity contribution is 5.25. The van der Waals surface area contributed by atoms with Gasteiger partial charge in [-0.1, -0.05) is 32.4 Å². The predicted molar refractivity (Wildman–Crippen MR) is 93.3 cm³/mol. The molecule has 4 N–H and O–H groups in total. The second-order valence-electron chi connectivity index (χ2n) is 9.49. The second kappa shape index (κ2) is 6.08. The van der Waals surface area contributed by atoms with Gasteiger partial charge in [-0.3, -0.25) is 0 Å². The van der Waals surface area contributed by atoms with Crippen LogP contribution in [0.15, 0.2) is 11.6 Å². The monoisotopic (exact) mass is 338 g/mol. The van der Waals surface area contributed by atoms with Crippen molar-refractivity contribution in [1.29, 1.82) is 0 Å². The summed E-state index contributed by atoms with van der Waals surface area (Å²) in [6, 6.07) is 0. The molecule has 0 amide bonds. The van der Waals surface area contributed by atoms with Gasteiger partial charge in [0.25, 0.3) is 0 Å². The summed E-state index contributed by atoms with van der Waals surface area (Å²) in [6.07, 6.45) is 6.54. The molecule has 3 aliphatic rings. The van der Waals surface area contributed by atoms with Crippen molar-refractivity contribution in [3.63, 3.8) is 0 Å². The standard InChI is InChI=1S/C20H34O4/c1-18(17(24)11-21)7-6-15-13(8-18)4-5-16-19(2,12-22)9-14(23)10-20(15,16)3/h8,14-17,21-24H,4-7,9-12H2,1-3H3/t14-,15-,16+,17-,18-,19-,20-/m0/s1. The van der Waals surface area contributed by atoms with E-state index in [9.17, 15) is 20.4 Å². The van der Waals surface area contributed by atoms with E-state index in [1.165, 1.54) is 5.57 Å². The summed E-state index contributed by atoms with van der Waals surface area (Å²) in [6.45, 7) is 6.41. The minimum atomic E-state index is -0.712. The van der Waals surface area contributed by atoms with Crippen LogP contribution < -0.4 is 0 Å². The summed E-state index contributed by atoms with van der Waals surface area (Å²) in [5, 5.41) is 40.1. The van der Waals surface area contributed by atoms with E-state index in [0.717, 1.165) is 32.1 Å². The molecule has 24 heavy (non-hydrogen) atoms. The zero-order valence-electron chi connectivity index (χ0n) is 15.3. The lowest BCUT2D eigenvalue weighted by atomic mass is 9.44. The first-order chi connectivity index (χ1) is 11.2. The van der Waals surface area contributed by atoms with Crippen molar-refractivity contribution in [3.8, 4) is 0 Å². The van der Waals surface area contributed by atoms with Gasteiger partial charge in [-0.15, -0.1) is 0 Å². The summed E-state index contributed by atoms with van der Waals surface area (Å²) < 4.78 is 0. The van der Waals surface area contributed by atoms with E-state index >= 15 is 0 Å². The Kier molecular flexibility index (Phi) is 4.66. The van der Waals surface area contributed by atoms with Gasteiger partial charge in [0, 0.05) is 12.0 Å². The Morgan fingerprint density at radius 1 is 1.17 bits per heavy atom. The van der Waals surface area contributed by atoms with Crippen molar-refractivity contribution in [2.45, 2.75) is 71.5 Å². The van der Waals surface area contributed by atoms with Crippen LogP contribution in [0.2, 0.25) is 0 Å². The second-order valence-corrected chi connectivity index (χ2v) is 9.49. The normalized spacial score (nSPS) is 49.8. The first-order valence-electron chi connectivity index (χ1n) is 9.48. The Bertz CT molecular complexity index is 518. The van der Waals surface area contributed by atoms with Crippen LogP contribution in [0, 0.1) is 28.1 Å². The Morgan fingerprint density at radius 2 is 1.88 bits per heavy atom. The molecule has 0 saturated heterocycles. The molecule has 3 rings (SSSR count). The van der Waals surface area contributed by atoms with Crippen LogP contribution in [0.1, 0.15) is 59.3 Å². The molecule has 4 heteroatoms. The lowest BCUT2D eigenvalue weighted by Crippen LogP contribution is -2.56. The van der Waals surface area contributed by atoms with Crippen LogP contribution >= 0.6 is 0 Å². The van der Waals surface area contributed by atoms with Gasteiger partial charge in [-0.25, -0.2) is 0 Å². The zero-order chi connectivity index (χ0) is 17.8. The molecular formula is C20H34O4. The quantitative estimate of drug-likeness (QED) is 0.595. The Hall–Kier alpha value is -0.420. The molecule has 4 nitrogen and oxygen atoms in total. The van der Waals surface area contributed by atoms with Gasteiger partial charge in [-0.2, -0.15) is 0 Å². The van der Waals surface area contributed by atoms with Gasteiger partial charge in [0.15, 0.2) is 0 Å². The highest BCUT2D eigenvalue weighted by Crippen LogP contribution is 2.63. The lowest BCUT2D eigenvalue weighted by Gasteiger charge is -2.61. The average Bonchev–Trinajstić information content (AvgIpc) is 2.52. The summed E-state index contributed by atoms with van der Waals surface area (Å²) in [4.78, 5) is 0. The Labute approximate surface area is 145 Å². The van der Waals surface area contributed by atoms with Crippen molar-refractivity contribution in [2.24, 2.45) is 28.1 Å².